The molecule has 0 spiro atoms. The third-order valence-corrected chi connectivity index (χ3v) is 11.8. The van der Waals surface area contributed by atoms with Crippen molar-refractivity contribution in [1.82, 2.24) is 0 Å². The molecule has 0 bridgehead atoms. The molecule has 0 amide bonds. The van der Waals surface area contributed by atoms with Crippen LogP contribution in [0.4, 0.5) is 0 Å². The summed E-state index contributed by atoms with van der Waals surface area (Å²) in [6.45, 7) is 15.0. The van der Waals surface area contributed by atoms with E-state index in [9.17, 15) is 0 Å². The van der Waals surface area contributed by atoms with Gasteiger partial charge in [-0.2, -0.15) is 0 Å². The van der Waals surface area contributed by atoms with Crippen molar-refractivity contribution in [3.63, 3.8) is 0 Å². The summed E-state index contributed by atoms with van der Waals surface area (Å²) in [6.07, 6.45) is 0.887. The van der Waals surface area contributed by atoms with Gasteiger partial charge < -0.3 is 13.9 Å². The molecule has 23 heavy (non-hydrogen) atoms. The molecule has 1 aromatic carbocycles. The van der Waals surface area contributed by atoms with Crippen molar-refractivity contribution in [3.05, 3.63) is 22.2 Å². The molecule has 5 heteroatoms. The van der Waals surface area contributed by atoms with Gasteiger partial charge in [-0.3, -0.25) is 0 Å². The molecule has 0 fully saturated rings. The first kappa shape index (κ1) is 18.8. The summed E-state index contributed by atoms with van der Waals surface area (Å²) >= 11 is 3.64. The van der Waals surface area contributed by atoms with Crippen LogP contribution in [-0.4, -0.2) is 21.7 Å². The van der Waals surface area contributed by atoms with Gasteiger partial charge in [0.15, 0.2) is 19.8 Å². The number of hydrogen-bond donors (Lipinski definition) is 0. The zero-order chi connectivity index (χ0) is 17.2. The summed E-state index contributed by atoms with van der Waals surface area (Å²) in [5.74, 6) is 1.65. The number of ether oxygens (including phenoxy) is 2. The first-order valence-electron chi connectivity index (χ1n) is 8.51. The average molecular weight is 401 g/mol. The first-order chi connectivity index (χ1) is 10.8. The van der Waals surface area contributed by atoms with E-state index in [4.69, 9.17) is 13.9 Å². The highest BCUT2D eigenvalue weighted by atomic mass is 79.9. The number of hydrogen-bond acceptors (Lipinski definition) is 3. The zero-order valence-electron chi connectivity index (χ0n) is 15.1. The minimum atomic E-state index is -1.79. The second-order valence-corrected chi connectivity index (χ2v) is 13.5. The fourth-order valence-electron chi connectivity index (χ4n) is 3.99. The summed E-state index contributed by atoms with van der Waals surface area (Å²) in [6, 6.07) is 4.06. The molecule has 3 nitrogen and oxygen atoms in total. The smallest absolute Gasteiger partial charge is 0.231 e. The normalized spacial score (nSPS) is 14.3. The van der Waals surface area contributed by atoms with E-state index in [0.717, 1.165) is 29.0 Å². The minimum absolute atomic E-state index is 0.311. The highest BCUT2D eigenvalue weighted by Gasteiger charge is 2.44. The Hall–Kier alpha value is -0.523. The molecule has 1 heterocycles. The SMILES string of the molecule is CC(C)[Si](OCCc1cc2c(cc1Br)OCO2)(C(C)C)C(C)C. The van der Waals surface area contributed by atoms with Crippen molar-refractivity contribution >= 4 is 24.2 Å². The maximum Gasteiger partial charge on any atom is 0.231 e. The Kier molecular flexibility index (Phi) is 6.20. The first-order valence-corrected chi connectivity index (χ1v) is 11.4. The summed E-state index contributed by atoms with van der Waals surface area (Å²) in [7, 11) is -1.79. The van der Waals surface area contributed by atoms with Gasteiger partial charge in [-0.1, -0.05) is 57.5 Å². The molecule has 0 atom stereocenters. The Balaban J connectivity index is 2.08. The van der Waals surface area contributed by atoms with Crippen molar-refractivity contribution in [3.8, 4) is 11.5 Å². The molecule has 0 aromatic heterocycles. The summed E-state index contributed by atoms with van der Waals surface area (Å²) in [5, 5.41) is 0. The van der Waals surface area contributed by atoms with Crippen LogP contribution >= 0.6 is 15.9 Å². The van der Waals surface area contributed by atoms with Crippen LogP contribution in [0.1, 0.15) is 47.1 Å². The second kappa shape index (κ2) is 7.58. The van der Waals surface area contributed by atoms with Gasteiger partial charge in [0, 0.05) is 11.1 Å². The van der Waals surface area contributed by atoms with Gasteiger partial charge in [-0.15, -0.1) is 0 Å². The lowest BCUT2D eigenvalue weighted by atomic mass is 10.1. The van der Waals surface area contributed by atoms with Gasteiger partial charge in [0.25, 0.3) is 0 Å². The predicted octanol–water partition coefficient (Wildman–Crippen LogP) is 5.91. The van der Waals surface area contributed by atoms with Crippen LogP contribution in [0, 0.1) is 0 Å². The number of fused-ring (bicyclic) bond motifs is 1. The van der Waals surface area contributed by atoms with Crippen LogP contribution in [0.2, 0.25) is 16.6 Å². The van der Waals surface area contributed by atoms with Crippen molar-refractivity contribution < 1.29 is 13.9 Å². The number of rotatable bonds is 7. The third kappa shape index (κ3) is 3.77. The molecule has 0 saturated heterocycles. The lowest BCUT2D eigenvalue weighted by Crippen LogP contribution is -2.48. The Bertz CT molecular complexity index is 522. The molecule has 0 unspecified atom stereocenters. The van der Waals surface area contributed by atoms with Crippen LogP contribution in [0.5, 0.6) is 11.5 Å². The zero-order valence-corrected chi connectivity index (χ0v) is 17.7. The summed E-state index contributed by atoms with van der Waals surface area (Å²) < 4.78 is 18.6. The number of benzene rings is 1. The fourth-order valence-corrected chi connectivity index (χ4v) is 9.96. The topological polar surface area (TPSA) is 27.7 Å². The van der Waals surface area contributed by atoms with Crippen molar-refractivity contribution in [2.75, 3.05) is 13.4 Å². The lowest BCUT2D eigenvalue weighted by molar-refractivity contribution is 0.174. The van der Waals surface area contributed by atoms with Crippen molar-refractivity contribution in [2.45, 2.75) is 64.6 Å². The van der Waals surface area contributed by atoms with E-state index in [1.54, 1.807) is 0 Å². The van der Waals surface area contributed by atoms with Gasteiger partial charge in [0.1, 0.15) is 0 Å². The monoisotopic (exact) mass is 400 g/mol. The van der Waals surface area contributed by atoms with E-state index in [1.807, 2.05) is 6.07 Å². The number of halogens is 1. The fraction of sp³-hybridized carbons (Fsp3) is 0.667. The van der Waals surface area contributed by atoms with E-state index < -0.39 is 8.32 Å². The van der Waals surface area contributed by atoms with Gasteiger partial charge >= 0.3 is 0 Å². The summed E-state index contributed by atoms with van der Waals surface area (Å²) in [5.41, 5.74) is 3.06. The van der Waals surface area contributed by atoms with Gasteiger partial charge in [0.05, 0.1) is 0 Å². The lowest BCUT2D eigenvalue weighted by Gasteiger charge is -2.42. The van der Waals surface area contributed by atoms with Crippen LogP contribution in [0.3, 0.4) is 0 Å². The van der Waals surface area contributed by atoms with E-state index in [2.05, 4.69) is 63.5 Å². The Morgan fingerprint density at radius 1 is 1.00 bits per heavy atom. The summed E-state index contributed by atoms with van der Waals surface area (Å²) in [4.78, 5) is 0. The molecular weight excluding hydrogens is 372 g/mol. The molecule has 0 radical (unpaired) electrons. The van der Waals surface area contributed by atoms with Crippen LogP contribution in [0.15, 0.2) is 16.6 Å². The Morgan fingerprint density at radius 3 is 2.04 bits per heavy atom. The van der Waals surface area contributed by atoms with Gasteiger partial charge in [-0.25, -0.2) is 0 Å². The standard InChI is InChI=1S/C18H29BrO3Si/c1-12(2)23(13(3)4,14(5)6)22-8-7-15-9-17-18(10-16(15)19)21-11-20-17/h9-10,12-14H,7-8,11H2,1-6H3. The second-order valence-electron chi connectivity index (χ2n) is 7.21. The molecule has 1 aromatic rings. The minimum Gasteiger partial charge on any atom is -0.454 e. The Morgan fingerprint density at radius 2 is 1.52 bits per heavy atom. The quantitative estimate of drug-likeness (QED) is 0.532. The molecule has 1 aliphatic rings. The van der Waals surface area contributed by atoms with Crippen molar-refractivity contribution in [1.29, 1.82) is 0 Å². The molecule has 0 N–H and O–H groups in total. The van der Waals surface area contributed by atoms with E-state index in [0.29, 0.717) is 23.4 Å². The van der Waals surface area contributed by atoms with Crippen molar-refractivity contribution in [2.24, 2.45) is 0 Å². The maximum absolute atomic E-state index is 6.64. The average Bonchev–Trinajstić information content (AvgIpc) is 2.89. The van der Waals surface area contributed by atoms with Crippen LogP contribution < -0.4 is 9.47 Å². The molecule has 130 valence electrons. The maximum atomic E-state index is 6.64. The largest absolute Gasteiger partial charge is 0.454 e. The van der Waals surface area contributed by atoms with E-state index >= 15 is 0 Å². The van der Waals surface area contributed by atoms with E-state index in [1.165, 1.54) is 5.56 Å². The molecule has 2 rings (SSSR count). The van der Waals surface area contributed by atoms with Gasteiger partial charge in [-0.05, 0) is 40.7 Å². The molecule has 0 aliphatic carbocycles. The molecule has 1 aliphatic heterocycles. The molecular formula is C18H29BrO3Si. The predicted molar refractivity (Wildman–Crippen MR) is 101 cm³/mol. The highest BCUT2D eigenvalue weighted by Crippen LogP contribution is 2.42. The van der Waals surface area contributed by atoms with Crippen LogP contribution in [0.25, 0.3) is 0 Å². The van der Waals surface area contributed by atoms with Gasteiger partial charge in [0.2, 0.25) is 6.79 Å². The Labute approximate surface area is 150 Å². The van der Waals surface area contributed by atoms with Crippen LogP contribution in [-0.2, 0) is 10.8 Å². The van der Waals surface area contributed by atoms with E-state index in [-0.39, 0.29) is 0 Å². The highest BCUT2D eigenvalue weighted by molar-refractivity contribution is 9.10. The molecule has 0 saturated carbocycles. The third-order valence-electron chi connectivity index (χ3n) is 4.97.